The molecule has 0 spiro atoms. The molecule has 2 atom stereocenters. The number of pyridine rings is 1. The Kier molecular flexibility index (Phi) is 5.50. The van der Waals surface area contributed by atoms with Crippen LogP contribution in [0.5, 0.6) is 0 Å². The molecule has 10 heteroatoms. The minimum absolute atomic E-state index is 0.00799. The van der Waals surface area contributed by atoms with Crippen LogP contribution in [0.1, 0.15) is 35.5 Å². The molecule has 0 aliphatic carbocycles. The standard InChI is InChI=1S/C26H23F2N5O3/c1-14-7-16(5-6-29-14)22-11-32(10-15(2)36-22)23-9-24-30-21-13-35-12-19(21)26(34)33(24)25(31-23)18-4-3-17(27)8-20(18)28/h3-9,15,22H,10-13H2,1-2H3/t15-,22-/m0/s1. The smallest absolute Gasteiger partial charge is 0.265 e. The van der Waals surface area contributed by atoms with Crippen molar-refractivity contribution in [2.45, 2.75) is 39.3 Å². The maximum Gasteiger partial charge on any atom is 0.265 e. The van der Waals surface area contributed by atoms with E-state index in [1.807, 2.05) is 30.9 Å². The Morgan fingerprint density at radius 2 is 1.92 bits per heavy atom. The summed E-state index contributed by atoms with van der Waals surface area (Å²) in [7, 11) is 0. The number of nitrogens with zero attached hydrogens (tertiary/aromatic N) is 5. The van der Waals surface area contributed by atoms with E-state index < -0.39 is 11.6 Å². The van der Waals surface area contributed by atoms with Crippen LogP contribution in [-0.4, -0.2) is 38.5 Å². The number of morpholine rings is 1. The minimum atomic E-state index is -0.815. The first-order chi connectivity index (χ1) is 17.4. The highest BCUT2D eigenvalue weighted by Gasteiger charge is 2.30. The topological polar surface area (TPSA) is 81.9 Å². The van der Waals surface area contributed by atoms with E-state index in [0.717, 1.165) is 23.4 Å². The molecule has 0 amide bonds. The molecule has 0 N–H and O–H groups in total. The van der Waals surface area contributed by atoms with Crippen LogP contribution in [0.15, 0.2) is 47.4 Å². The first-order valence-electron chi connectivity index (χ1n) is 11.7. The number of hydrogen-bond acceptors (Lipinski definition) is 7. The predicted octanol–water partition coefficient (Wildman–Crippen LogP) is 3.73. The third kappa shape index (κ3) is 3.92. The third-order valence-corrected chi connectivity index (χ3v) is 6.51. The summed E-state index contributed by atoms with van der Waals surface area (Å²) in [5.74, 6) is -0.952. The monoisotopic (exact) mass is 491 g/mol. The van der Waals surface area contributed by atoms with Gasteiger partial charge in [0.2, 0.25) is 0 Å². The molecule has 0 saturated carbocycles. The summed E-state index contributed by atoms with van der Waals surface area (Å²) in [6.07, 6.45) is 1.40. The van der Waals surface area contributed by atoms with Gasteiger partial charge in [0.25, 0.3) is 5.56 Å². The summed E-state index contributed by atoms with van der Waals surface area (Å²) in [5, 5.41) is 0. The number of aromatic nitrogens is 4. The molecule has 2 aliphatic rings. The Labute approximate surface area is 205 Å². The first-order valence-corrected chi connectivity index (χ1v) is 11.7. The first kappa shape index (κ1) is 22.7. The van der Waals surface area contributed by atoms with Gasteiger partial charge in [-0.15, -0.1) is 0 Å². The summed E-state index contributed by atoms with van der Waals surface area (Å²) < 4.78 is 41.6. The number of ether oxygens (including phenoxy) is 2. The highest BCUT2D eigenvalue weighted by Crippen LogP contribution is 2.31. The Balaban J connectivity index is 1.52. The maximum atomic E-state index is 14.9. The number of rotatable bonds is 3. The van der Waals surface area contributed by atoms with Crippen molar-refractivity contribution in [3.05, 3.63) is 87.1 Å². The van der Waals surface area contributed by atoms with E-state index >= 15 is 0 Å². The number of halogens is 2. The predicted molar refractivity (Wildman–Crippen MR) is 128 cm³/mol. The summed E-state index contributed by atoms with van der Waals surface area (Å²) in [5.41, 5.74) is 2.82. The molecule has 36 heavy (non-hydrogen) atoms. The molecular weight excluding hydrogens is 468 g/mol. The van der Waals surface area contributed by atoms with Crippen LogP contribution in [0.3, 0.4) is 0 Å². The molecule has 5 heterocycles. The Hall–Kier alpha value is -3.76. The van der Waals surface area contributed by atoms with E-state index in [0.29, 0.717) is 35.8 Å². The zero-order chi connectivity index (χ0) is 25.0. The fraction of sp³-hybridized carbons (Fsp3) is 0.308. The molecule has 2 aliphatic heterocycles. The summed E-state index contributed by atoms with van der Waals surface area (Å²) in [6, 6.07) is 8.84. The van der Waals surface area contributed by atoms with Gasteiger partial charge in [0, 0.05) is 37.1 Å². The van der Waals surface area contributed by atoms with Gasteiger partial charge >= 0.3 is 0 Å². The lowest BCUT2D eigenvalue weighted by Crippen LogP contribution is -2.43. The molecule has 3 aromatic heterocycles. The molecule has 1 saturated heterocycles. The van der Waals surface area contributed by atoms with Gasteiger partial charge in [-0.2, -0.15) is 0 Å². The quantitative estimate of drug-likeness (QED) is 0.432. The van der Waals surface area contributed by atoms with Gasteiger partial charge in [-0.05, 0) is 43.7 Å². The fourth-order valence-electron chi connectivity index (χ4n) is 4.84. The van der Waals surface area contributed by atoms with Crippen LogP contribution in [0.4, 0.5) is 14.6 Å². The van der Waals surface area contributed by atoms with Crippen molar-refractivity contribution in [3.8, 4) is 11.4 Å². The fourth-order valence-corrected chi connectivity index (χ4v) is 4.84. The van der Waals surface area contributed by atoms with Crippen LogP contribution < -0.4 is 10.5 Å². The molecule has 6 rings (SSSR count). The molecule has 184 valence electrons. The number of hydrogen-bond donors (Lipinski definition) is 0. The highest BCUT2D eigenvalue weighted by molar-refractivity contribution is 5.65. The van der Waals surface area contributed by atoms with Crippen molar-refractivity contribution in [2.24, 2.45) is 0 Å². The van der Waals surface area contributed by atoms with E-state index in [1.165, 1.54) is 10.5 Å². The van der Waals surface area contributed by atoms with E-state index in [1.54, 1.807) is 12.3 Å². The van der Waals surface area contributed by atoms with Gasteiger partial charge in [-0.25, -0.2) is 23.1 Å². The Morgan fingerprint density at radius 1 is 1.06 bits per heavy atom. The molecule has 0 bridgehead atoms. The lowest BCUT2D eigenvalue weighted by molar-refractivity contribution is -0.0176. The van der Waals surface area contributed by atoms with Crippen molar-refractivity contribution < 1.29 is 18.3 Å². The van der Waals surface area contributed by atoms with Gasteiger partial charge in [-0.3, -0.25) is 9.78 Å². The van der Waals surface area contributed by atoms with E-state index in [9.17, 15) is 13.6 Å². The summed E-state index contributed by atoms with van der Waals surface area (Å²) in [4.78, 5) is 29.1. The molecular formula is C26H23F2N5O3. The zero-order valence-corrected chi connectivity index (χ0v) is 19.7. The summed E-state index contributed by atoms with van der Waals surface area (Å²) >= 11 is 0. The van der Waals surface area contributed by atoms with Gasteiger partial charge < -0.3 is 14.4 Å². The maximum absolute atomic E-state index is 14.9. The summed E-state index contributed by atoms with van der Waals surface area (Å²) in [6.45, 7) is 5.28. The average Bonchev–Trinajstić information content (AvgIpc) is 3.32. The van der Waals surface area contributed by atoms with Crippen LogP contribution in [-0.2, 0) is 22.7 Å². The van der Waals surface area contributed by atoms with Crippen molar-refractivity contribution in [2.75, 3.05) is 18.0 Å². The lowest BCUT2D eigenvalue weighted by Gasteiger charge is -2.38. The van der Waals surface area contributed by atoms with E-state index in [4.69, 9.17) is 14.5 Å². The van der Waals surface area contributed by atoms with Crippen LogP contribution in [0, 0.1) is 18.6 Å². The second-order valence-electron chi connectivity index (χ2n) is 9.16. The largest absolute Gasteiger partial charge is 0.370 e. The molecule has 0 radical (unpaired) electrons. The van der Waals surface area contributed by atoms with Crippen molar-refractivity contribution in [1.82, 2.24) is 19.4 Å². The molecule has 4 aromatic rings. The van der Waals surface area contributed by atoms with Crippen LogP contribution >= 0.6 is 0 Å². The lowest BCUT2D eigenvalue weighted by atomic mass is 10.1. The molecule has 0 unspecified atom stereocenters. The Bertz CT molecular complexity index is 1560. The van der Waals surface area contributed by atoms with Gasteiger partial charge in [-0.1, -0.05) is 0 Å². The zero-order valence-electron chi connectivity index (χ0n) is 19.7. The van der Waals surface area contributed by atoms with Crippen LogP contribution in [0.25, 0.3) is 17.0 Å². The van der Waals surface area contributed by atoms with Crippen molar-refractivity contribution in [1.29, 1.82) is 0 Å². The second-order valence-corrected chi connectivity index (χ2v) is 9.16. The normalized spacial score (nSPS) is 19.6. The van der Waals surface area contributed by atoms with E-state index in [-0.39, 0.29) is 42.4 Å². The molecule has 8 nitrogen and oxygen atoms in total. The minimum Gasteiger partial charge on any atom is -0.370 e. The van der Waals surface area contributed by atoms with Crippen LogP contribution in [0.2, 0.25) is 0 Å². The second kappa shape index (κ2) is 8.72. The van der Waals surface area contributed by atoms with Crippen molar-refractivity contribution in [3.63, 3.8) is 0 Å². The number of fused-ring (bicyclic) bond motifs is 2. The Morgan fingerprint density at radius 3 is 2.72 bits per heavy atom. The van der Waals surface area contributed by atoms with Gasteiger partial charge in [0.05, 0.1) is 36.1 Å². The van der Waals surface area contributed by atoms with Crippen molar-refractivity contribution >= 4 is 11.5 Å². The van der Waals surface area contributed by atoms with Gasteiger partial charge in [0.1, 0.15) is 29.2 Å². The number of aryl methyl sites for hydroxylation is 1. The average molecular weight is 491 g/mol. The van der Waals surface area contributed by atoms with Gasteiger partial charge in [0.15, 0.2) is 5.82 Å². The highest BCUT2D eigenvalue weighted by atomic mass is 19.1. The van der Waals surface area contributed by atoms with E-state index in [2.05, 4.69) is 9.97 Å². The SMILES string of the molecule is Cc1cc([C@@H]2CN(c3cc4nc5c(c(=O)n4c(-c4ccc(F)cc4F)n3)COC5)C[C@H](C)O2)ccn1. The number of anilines is 1. The third-order valence-electron chi connectivity index (χ3n) is 6.51. The number of benzene rings is 1. The molecule has 1 aromatic carbocycles. The molecule has 1 fully saturated rings.